The van der Waals surface area contributed by atoms with Crippen molar-refractivity contribution < 1.29 is 22.7 Å². The minimum atomic E-state index is -3.88. The van der Waals surface area contributed by atoms with Crippen LogP contribution in [0.25, 0.3) is 10.9 Å². The Morgan fingerprint density at radius 1 is 1.19 bits per heavy atom. The molecule has 0 aliphatic carbocycles. The predicted molar refractivity (Wildman–Crippen MR) is 121 cm³/mol. The largest absolute Gasteiger partial charge is 0.456 e. The fourth-order valence-corrected chi connectivity index (χ4v) is 5.83. The Hall–Kier alpha value is -2.68. The van der Waals surface area contributed by atoms with Gasteiger partial charge >= 0.3 is 5.97 Å². The van der Waals surface area contributed by atoms with Gasteiger partial charge in [-0.05, 0) is 49.1 Å². The van der Waals surface area contributed by atoms with Crippen molar-refractivity contribution in [3.05, 3.63) is 64.8 Å². The molecule has 1 atom stereocenters. The highest BCUT2D eigenvalue weighted by atomic mass is 35.5. The highest BCUT2D eigenvalue weighted by Gasteiger charge is 2.40. The van der Waals surface area contributed by atoms with Crippen molar-refractivity contribution in [3.8, 4) is 0 Å². The monoisotopic (exact) mass is 474 g/mol. The molecule has 0 amide bonds. The van der Waals surface area contributed by atoms with Gasteiger partial charge in [-0.15, -0.1) is 0 Å². The fourth-order valence-electron chi connectivity index (χ4n) is 4.06. The number of halogens is 1. The molecule has 1 fully saturated rings. The third-order valence-corrected chi connectivity index (χ3v) is 7.90. The van der Waals surface area contributed by atoms with Crippen LogP contribution in [0.1, 0.15) is 35.7 Å². The number of Topliss-reactive ketones (excluding diaryl/α,β-unsaturated/α-hetero) is 1. The number of para-hydroxylation sites is 1. The number of hydrogen-bond donors (Lipinski definition) is 1. The van der Waals surface area contributed by atoms with E-state index in [1.165, 1.54) is 24.3 Å². The van der Waals surface area contributed by atoms with E-state index in [9.17, 15) is 18.0 Å². The number of esters is 1. The Labute approximate surface area is 191 Å². The summed E-state index contributed by atoms with van der Waals surface area (Å²) in [5.41, 5.74) is 2.42. The molecule has 0 bridgehead atoms. The van der Waals surface area contributed by atoms with Crippen molar-refractivity contribution in [1.82, 2.24) is 9.29 Å². The molecule has 2 heterocycles. The highest BCUT2D eigenvalue weighted by Crippen LogP contribution is 2.28. The van der Waals surface area contributed by atoms with E-state index in [1.807, 2.05) is 25.1 Å². The molecule has 2 aromatic carbocycles. The average Bonchev–Trinajstić information content (AvgIpc) is 3.45. The van der Waals surface area contributed by atoms with Crippen molar-refractivity contribution >= 4 is 44.3 Å². The Balaban J connectivity index is 1.47. The van der Waals surface area contributed by atoms with Crippen molar-refractivity contribution in [2.24, 2.45) is 0 Å². The third kappa shape index (κ3) is 4.18. The summed E-state index contributed by atoms with van der Waals surface area (Å²) >= 11 is 5.85. The summed E-state index contributed by atoms with van der Waals surface area (Å²) in [5.74, 6) is -1.06. The Morgan fingerprint density at radius 2 is 1.94 bits per heavy atom. The maximum Gasteiger partial charge on any atom is 0.324 e. The van der Waals surface area contributed by atoms with Gasteiger partial charge < -0.3 is 9.72 Å². The number of sulfonamides is 1. The molecule has 1 unspecified atom stereocenters. The zero-order valence-corrected chi connectivity index (χ0v) is 19.1. The topological polar surface area (TPSA) is 96.5 Å². The first-order valence-electron chi connectivity index (χ1n) is 10.4. The number of aromatic nitrogens is 1. The van der Waals surface area contributed by atoms with E-state index in [2.05, 4.69) is 4.98 Å². The van der Waals surface area contributed by atoms with Crippen molar-refractivity contribution in [1.29, 1.82) is 0 Å². The van der Waals surface area contributed by atoms with Gasteiger partial charge in [0, 0.05) is 34.2 Å². The van der Waals surface area contributed by atoms with Crippen molar-refractivity contribution in [2.45, 2.75) is 37.1 Å². The summed E-state index contributed by atoms with van der Waals surface area (Å²) in [4.78, 5) is 28.6. The number of nitrogens with zero attached hydrogens (tertiary/aromatic N) is 1. The van der Waals surface area contributed by atoms with Crippen LogP contribution in [0.15, 0.2) is 53.6 Å². The molecule has 3 aromatic rings. The number of carbonyl (C=O) groups excluding carboxylic acids is 2. The van der Waals surface area contributed by atoms with Crippen molar-refractivity contribution in [3.63, 3.8) is 0 Å². The van der Waals surface area contributed by atoms with Crippen molar-refractivity contribution in [2.75, 3.05) is 13.2 Å². The number of ether oxygens (including phenoxy) is 1. The van der Waals surface area contributed by atoms with Crippen LogP contribution in [0.5, 0.6) is 0 Å². The molecule has 32 heavy (non-hydrogen) atoms. The van der Waals surface area contributed by atoms with E-state index in [1.54, 1.807) is 6.20 Å². The van der Waals surface area contributed by atoms with Gasteiger partial charge in [-0.2, -0.15) is 4.31 Å². The highest BCUT2D eigenvalue weighted by molar-refractivity contribution is 7.89. The molecule has 1 saturated heterocycles. The van der Waals surface area contributed by atoms with E-state index in [-0.39, 0.29) is 17.2 Å². The number of hydrogen-bond acceptors (Lipinski definition) is 5. The van der Waals surface area contributed by atoms with Crippen LogP contribution in [0.2, 0.25) is 5.02 Å². The molecule has 0 saturated carbocycles. The first-order chi connectivity index (χ1) is 15.3. The van der Waals surface area contributed by atoms with Gasteiger partial charge in [-0.25, -0.2) is 8.42 Å². The summed E-state index contributed by atoms with van der Waals surface area (Å²) in [6.45, 7) is 1.79. The Morgan fingerprint density at radius 3 is 2.66 bits per heavy atom. The van der Waals surface area contributed by atoms with Crippen LogP contribution >= 0.6 is 11.6 Å². The van der Waals surface area contributed by atoms with Crippen LogP contribution in [0.3, 0.4) is 0 Å². The smallest absolute Gasteiger partial charge is 0.324 e. The second-order valence-electron chi connectivity index (χ2n) is 7.65. The van der Waals surface area contributed by atoms with Crippen LogP contribution in [0, 0.1) is 0 Å². The lowest BCUT2D eigenvalue weighted by molar-refractivity contribution is -0.146. The van der Waals surface area contributed by atoms with E-state index < -0.39 is 28.6 Å². The van der Waals surface area contributed by atoms with Crippen LogP contribution in [0.4, 0.5) is 0 Å². The Bertz CT molecular complexity index is 1270. The molecule has 1 aliphatic heterocycles. The number of aryl methyl sites for hydroxylation is 1. The van der Waals surface area contributed by atoms with Gasteiger partial charge in [0.2, 0.25) is 15.8 Å². The van der Waals surface area contributed by atoms with Gasteiger partial charge in [0.05, 0.1) is 4.90 Å². The number of H-pyrrole nitrogens is 1. The van der Waals surface area contributed by atoms with Gasteiger partial charge in [0.15, 0.2) is 6.61 Å². The number of ketones is 1. The predicted octanol–water partition coefficient (Wildman–Crippen LogP) is 3.96. The van der Waals surface area contributed by atoms with E-state index >= 15 is 0 Å². The number of carbonyl (C=O) groups is 2. The molecule has 1 N–H and O–H groups in total. The first kappa shape index (κ1) is 22.5. The molecule has 0 radical (unpaired) electrons. The summed E-state index contributed by atoms with van der Waals surface area (Å²) in [7, 11) is -3.88. The standard InChI is InChI=1S/C23H23ClN2O5S/c1-2-15-5-3-6-18-19(13-25-22(15)18)21(27)14-31-23(28)20-7-4-12-26(20)32(29,30)17-10-8-16(24)9-11-17/h3,5-6,8-11,13,20,25H,2,4,7,12,14H2,1H3. The van der Waals surface area contributed by atoms with Crippen LogP contribution in [-0.4, -0.2) is 48.7 Å². The quantitative estimate of drug-likeness (QED) is 0.413. The molecule has 7 nitrogen and oxygen atoms in total. The second kappa shape index (κ2) is 9.05. The average molecular weight is 475 g/mol. The van der Waals surface area contributed by atoms with Gasteiger partial charge in [0.25, 0.3) is 0 Å². The number of benzene rings is 2. The molecule has 1 aliphatic rings. The van der Waals surface area contributed by atoms with Gasteiger partial charge in [-0.3, -0.25) is 9.59 Å². The zero-order valence-electron chi connectivity index (χ0n) is 17.5. The van der Waals surface area contributed by atoms with Gasteiger partial charge in [-0.1, -0.05) is 36.7 Å². The molecule has 1 aromatic heterocycles. The number of nitrogens with one attached hydrogen (secondary N) is 1. The second-order valence-corrected chi connectivity index (χ2v) is 9.98. The summed E-state index contributed by atoms with van der Waals surface area (Å²) in [6.07, 6.45) is 3.31. The zero-order chi connectivity index (χ0) is 22.9. The molecule has 9 heteroatoms. The minimum absolute atomic E-state index is 0.0585. The maximum atomic E-state index is 13.0. The minimum Gasteiger partial charge on any atom is -0.456 e. The third-order valence-electron chi connectivity index (χ3n) is 5.72. The molecular formula is C23H23ClN2O5S. The lowest BCUT2D eigenvalue weighted by Gasteiger charge is -2.22. The lowest BCUT2D eigenvalue weighted by atomic mass is 10.1. The SMILES string of the molecule is CCc1cccc2c(C(=O)COC(=O)C3CCCN3S(=O)(=O)c3ccc(Cl)cc3)c[nH]c12. The number of fused-ring (bicyclic) bond motifs is 1. The Kier molecular flexibility index (Phi) is 6.37. The summed E-state index contributed by atoms with van der Waals surface area (Å²) in [6, 6.07) is 10.5. The van der Waals surface area contributed by atoms with E-state index in [0.29, 0.717) is 23.4 Å². The molecule has 0 spiro atoms. The molecular weight excluding hydrogens is 452 g/mol. The normalized spacial score (nSPS) is 17.0. The number of rotatable bonds is 7. The summed E-state index contributed by atoms with van der Waals surface area (Å²) in [5, 5.41) is 1.20. The van der Waals surface area contributed by atoms with E-state index in [0.717, 1.165) is 27.2 Å². The molecule has 4 rings (SSSR count). The lowest BCUT2D eigenvalue weighted by Crippen LogP contribution is -2.41. The first-order valence-corrected chi connectivity index (χ1v) is 12.2. The van der Waals surface area contributed by atoms with Gasteiger partial charge in [0.1, 0.15) is 6.04 Å². The molecule has 168 valence electrons. The van der Waals surface area contributed by atoms with E-state index in [4.69, 9.17) is 16.3 Å². The summed E-state index contributed by atoms with van der Waals surface area (Å²) < 4.78 is 32.4. The fraction of sp³-hybridized carbons (Fsp3) is 0.304. The number of aromatic amines is 1. The van der Waals surface area contributed by atoms with Crippen LogP contribution < -0.4 is 0 Å². The van der Waals surface area contributed by atoms with Crippen LogP contribution in [-0.2, 0) is 26.0 Å². The maximum absolute atomic E-state index is 13.0.